The van der Waals surface area contributed by atoms with Crippen LogP contribution in [0.3, 0.4) is 0 Å². The second-order valence-corrected chi connectivity index (χ2v) is 12.4. The molecule has 0 bridgehead atoms. The zero-order valence-corrected chi connectivity index (χ0v) is 26.8. The maximum Gasteiger partial charge on any atom is 0.164 e. The van der Waals surface area contributed by atoms with Crippen LogP contribution in [0.15, 0.2) is 176 Å². The van der Waals surface area contributed by atoms with E-state index >= 15 is 0 Å². The SMILES string of the molecule is c1ccc(-c2ccc(-c3nc(-c4ccc(-c5ccccc5)cc4)nc(-c4cccc5c4Cc4c(-c6ccccc6)cccc4-5)n3)cc2)cc1. The summed E-state index contributed by atoms with van der Waals surface area (Å²) in [7, 11) is 0. The lowest BCUT2D eigenvalue weighted by Gasteiger charge is -2.12. The first-order chi connectivity index (χ1) is 24.3. The fraction of sp³-hybridized carbons (Fsp3) is 0.0217. The van der Waals surface area contributed by atoms with Crippen LogP contribution in [0.2, 0.25) is 0 Å². The van der Waals surface area contributed by atoms with Crippen molar-refractivity contribution in [3.8, 4) is 78.7 Å². The molecule has 8 aromatic rings. The van der Waals surface area contributed by atoms with E-state index in [0.29, 0.717) is 17.5 Å². The van der Waals surface area contributed by atoms with Crippen molar-refractivity contribution in [2.75, 3.05) is 0 Å². The molecule has 1 aromatic heterocycles. The van der Waals surface area contributed by atoms with E-state index < -0.39 is 0 Å². The molecule has 3 heteroatoms. The van der Waals surface area contributed by atoms with Gasteiger partial charge in [-0.05, 0) is 55.6 Å². The molecule has 0 saturated carbocycles. The van der Waals surface area contributed by atoms with Crippen molar-refractivity contribution < 1.29 is 0 Å². The Labute approximate surface area is 286 Å². The Morgan fingerprint density at radius 2 is 0.592 bits per heavy atom. The molecule has 0 saturated heterocycles. The van der Waals surface area contributed by atoms with Crippen molar-refractivity contribution in [3.63, 3.8) is 0 Å². The molecule has 0 spiro atoms. The van der Waals surface area contributed by atoms with Crippen molar-refractivity contribution in [3.05, 3.63) is 187 Å². The van der Waals surface area contributed by atoms with Gasteiger partial charge >= 0.3 is 0 Å². The predicted octanol–water partition coefficient (Wildman–Crippen LogP) is 11.4. The van der Waals surface area contributed by atoms with E-state index in [1.54, 1.807) is 0 Å². The van der Waals surface area contributed by atoms with Crippen molar-refractivity contribution in [2.24, 2.45) is 0 Å². The van der Waals surface area contributed by atoms with Gasteiger partial charge in [0.15, 0.2) is 17.5 Å². The first-order valence-electron chi connectivity index (χ1n) is 16.7. The Balaban J connectivity index is 1.16. The number of benzene rings is 7. The molecule has 0 N–H and O–H groups in total. The third-order valence-electron chi connectivity index (χ3n) is 9.46. The normalized spacial score (nSPS) is 11.6. The molecular formula is C46H31N3. The van der Waals surface area contributed by atoms with E-state index in [4.69, 9.17) is 15.0 Å². The first kappa shape index (κ1) is 28.7. The molecule has 1 aliphatic rings. The molecule has 9 rings (SSSR count). The summed E-state index contributed by atoms with van der Waals surface area (Å²) >= 11 is 0. The predicted molar refractivity (Wildman–Crippen MR) is 201 cm³/mol. The maximum atomic E-state index is 5.17. The van der Waals surface area contributed by atoms with Gasteiger partial charge in [0.25, 0.3) is 0 Å². The van der Waals surface area contributed by atoms with Crippen LogP contribution in [-0.4, -0.2) is 15.0 Å². The van der Waals surface area contributed by atoms with Gasteiger partial charge in [-0.25, -0.2) is 15.0 Å². The van der Waals surface area contributed by atoms with Crippen LogP contribution >= 0.6 is 0 Å². The molecule has 0 radical (unpaired) electrons. The molecule has 0 atom stereocenters. The first-order valence-corrected chi connectivity index (χ1v) is 16.7. The highest BCUT2D eigenvalue weighted by Crippen LogP contribution is 2.45. The molecule has 1 heterocycles. The topological polar surface area (TPSA) is 38.7 Å². The average molecular weight is 626 g/mol. The zero-order chi connectivity index (χ0) is 32.6. The highest BCUT2D eigenvalue weighted by atomic mass is 15.0. The molecule has 0 amide bonds. The number of fused-ring (bicyclic) bond motifs is 3. The fourth-order valence-corrected chi connectivity index (χ4v) is 6.97. The number of aromatic nitrogens is 3. The molecule has 0 fully saturated rings. The quantitative estimate of drug-likeness (QED) is 0.185. The van der Waals surface area contributed by atoms with Crippen LogP contribution in [0.25, 0.3) is 78.7 Å². The van der Waals surface area contributed by atoms with Crippen LogP contribution in [0.4, 0.5) is 0 Å². The summed E-state index contributed by atoms with van der Waals surface area (Å²) in [4.78, 5) is 15.4. The molecule has 49 heavy (non-hydrogen) atoms. The summed E-state index contributed by atoms with van der Waals surface area (Å²) in [6.45, 7) is 0. The molecule has 3 nitrogen and oxygen atoms in total. The van der Waals surface area contributed by atoms with E-state index in [0.717, 1.165) is 34.2 Å². The van der Waals surface area contributed by atoms with Crippen molar-refractivity contribution in [2.45, 2.75) is 6.42 Å². The summed E-state index contributed by atoms with van der Waals surface area (Å²) in [5.41, 5.74) is 15.2. The van der Waals surface area contributed by atoms with E-state index in [9.17, 15) is 0 Å². The number of rotatable bonds is 6. The van der Waals surface area contributed by atoms with Gasteiger partial charge in [-0.2, -0.15) is 0 Å². The second kappa shape index (κ2) is 12.3. The lowest BCUT2D eigenvalue weighted by molar-refractivity contribution is 1.07. The van der Waals surface area contributed by atoms with Gasteiger partial charge in [0.1, 0.15) is 0 Å². The van der Waals surface area contributed by atoms with Gasteiger partial charge in [0.05, 0.1) is 0 Å². The van der Waals surface area contributed by atoms with Crippen LogP contribution < -0.4 is 0 Å². The van der Waals surface area contributed by atoms with Crippen molar-refractivity contribution >= 4 is 0 Å². The maximum absolute atomic E-state index is 5.17. The Morgan fingerprint density at radius 3 is 1.08 bits per heavy atom. The van der Waals surface area contributed by atoms with Crippen LogP contribution in [0, 0.1) is 0 Å². The Bertz CT molecular complexity index is 2320. The molecule has 0 aliphatic heterocycles. The van der Waals surface area contributed by atoms with E-state index in [1.807, 2.05) is 12.1 Å². The monoisotopic (exact) mass is 625 g/mol. The summed E-state index contributed by atoms with van der Waals surface area (Å²) < 4.78 is 0. The van der Waals surface area contributed by atoms with Crippen LogP contribution in [0.1, 0.15) is 11.1 Å². The number of hydrogen-bond acceptors (Lipinski definition) is 3. The minimum atomic E-state index is 0.657. The summed E-state index contributed by atoms with van der Waals surface area (Å²) in [6.07, 6.45) is 0.819. The Morgan fingerprint density at radius 1 is 0.245 bits per heavy atom. The largest absolute Gasteiger partial charge is 0.208 e. The summed E-state index contributed by atoms with van der Waals surface area (Å²) in [5, 5.41) is 0. The van der Waals surface area contributed by atoms with Gasteiger partial charge < -0.3 is 0 Å². The number of nitrogens with zero attached hydrogens (tertiary/aromatic N) is 3. The van der Waals surface area contributed by atoms with E-state index in [-0.39, 0.29) is 0 Å². The average Bonchev–Trinajstić information content (AvgIpc) is 3.58. The highest BCUT2D eigenvalue weighted by Gasteiger charge is 2.26. The van der Waals surface area contributed by atoms with Gasteiger partial charge in [-0.1, -0.05) is 176 Å². The standard InChI is InChI=1S/C46H31N3/c1-4-12-31(13-5-1)33-22-26-36(27-23-33)44-47-45(37-28-24-34(25-29-37)32-14-6-2-7-15-32)49-46(48-44)41-21-11-20-40-39-19-10-18-38(42(39)30-43(40)41)35-16-8-3-9-17-35/h1-29H,30H2. The molecule has 7 aromatic carbocycles. The lowest BCUT2D eigenvalue weighted by atomic mass is 9.96. The highest BCUT2D eigenvalue weighted by molar-refractivity contribution is 5.89. The Kier molecular flexibility index (Phi) is 7.21. The summed E-state index contributed by atoms with van der Waals surface area (Å²) in [6, 6.07) is 61.7. The summed E-state index contributed by atoms with van der Waals surface area (Å²) in [5.74, 6) is 2.00. The molecule has 1 aliphatic carbocycles. The van der Waals surface area contributed by atoms with Gasteiger partial charge in [-0.15, -0.1) is 0 Å². The van der Waals surface area contributed by atoms with Gasteiger partial charge in [-0.3, -0.25) is 0 Å². The third-order valence-corrected chi connectivity index (χ3v) is 9.46. The van der Waals surface area contributed by atoms with E-state index in [1.165, 1.54) is 44.5 Å². The van der Waals surface area contributed by atoms with Crippen LogP contribution in [-0.2, 0) is 6.42 Å². The molecular weight excluding hydrogens is 595 g/mol. The van der Waals surface area contributed by atoms with Gasteiger partial charge in [0.2, 0.25) is 0 Å². The fourth-order valence-electron chi connectivity index (χ4n) is 6.97. The molecule has 0 unspecified atom stereocenters. The van der Waals surface area contributed by atoms with Crippen LogP contribution in [0.5, 0.6) is 0 Å². The number of hydrogen-bond donors (Lipinski definition) is 0. The smallest absolute Gasteiger partial charge is 0.164 e. The molecule has 230 valence electrons. The van der Waals surface area contributed by atoms with Crippen molar-refractivity contribution in [1.82, 2.24) is 15.0 Å². The lowest BCUT2D eigenvalue weighted by Crippen LogP contribution is -2.02. The van der Waals surface area contributed by atoms with Gasteiger partial charge in [0, 0.05) is 23.1 Å². The minimum Gasteiger partial charge on any atom is -0.208 e. The third kappa shape index (κ3) is 5.42. The zero-order valence-electron chi connectivity index (χ0n) is 26.8. The minimum absolute atomic E-state index is 0.657. The second-order valence-electron chi connectivity index (χ2n) is 12.4. The van der Waals surface area contributed by atoms with E-state index in [2.05, 4.69) is 164 Å². The Hall–Kier alpha value is -6.45. The van der Waals surface area contributed by atoms with Crippen molar-refractivity contribution in [1.29, 1.82) is 0 Å².